The number of hydrogen-bond donors (Lipinski definition) is 0. The first-order valence-electron chi connectivity index (χ1n) is 5.02. The maximum absolute atomic E-state index is 3.80. The molecule has 0 unspecified atom stereocenters. The van der Waals surface area contributed by atoms with Crippen LogP contribution in [0.4, 0.5) is 0 Å². The number of unbranched alkanes of at least 4 members (excludes halogenated alkanes) is 5. The molecular weight excluding hydrogens is 239 g/mol. The monoisotopic (exact) mass is 262 g/mol. The molecule has 0 aromatic heterocycles. The van der Waals surface area contributed by atoms with E-state index in [4.69, 9.17) is 0 Å². The van der Waals surface area contributed by atoms with Gasteiger partial charge in [0.2, 0.25) is 0 Å². The van der Waals surface area contributed by atoms with Gasteiger partial charge in [-0.25, -0.2) is 0 Å². The second kappa shape index (κ2) is 10.5. The summed E-state index contributed by atoms with van der Waals surface area (Å²) in [6.45, 7) is 6.07. The molecule has 0 aliphatic heterocycles. The van der Waals surface area contributed by atoms with Gasteiger partial charge in [-0.1, -0.05) is 0 Å². The van der Waals surface area contributed by atoms with E-state index in [2.05, 4.69) is 17.6 Å². The molecule has 0 aliphatic carbocycles. The number of rotatable bonds is 8. The van der Waals surface area contributed by atoms with Gasteiger partial charge in [0.1, 0.15) is 0 Å². The summed E-state index contributed by atoms with van der Waals surface area (Å²) in [4.78, 5) is 0. The molecule has 0 N–H and O–H groups in total. The second-order valence-corrected chi connectivity index (χ2v) is 8.51. The first kappa shape index (κ1) is 11.5. The Bertz CT molecular complexity index is 78.9. The third-order valence-electron chi connectivity index (χ3n) is 2.01. The van der Waals surface area contributed by atoms with Gasteiger partial charge in [-0.3, -0.25) is 0 Å². The number of hydrogen-bond acceptors (Lipinski definition) is 0. The average Bonchev–Trinajstić information content (AvgIpc) is 2.03. The molecule has 11 heavy (non-hydrogen) atoms. The van der Waals surface area contributed by atoms with Crippen LogP contribution in [0.25, 0.3) is 0 Å². The summed E-state index contributed by atoms with van der Waals surface area (Å²) < 4.78 is 3.78. The van der Waals surface area contributed by atoms with Gasteiger partial charge < -0.3 is 0 Å². The van der Waals surface area contributed by atoms with E-state index >= 15 is 0 Å². The van der Waals surface area contributed by atoms with Crippen molar-refractivity contribution in [2.24, 2.45) is 0 Å². The molecular formula is C10H22Sn. The van der Waals surface area contributed by atoms with Crippen LogP contribution in [0.15, 0.2) is 10.7 Å². The zero-order chi connectivity index (χ0) is 8.36. The van der Waals surface area contributed by atoms with Gasteiger partial charge in [-0.2, -0.15) is 0 Å². The Hall–Kier alpha value is 0.539. The summed E-state index contributed by atoms with van der Waals surface area (Å²) in [6.07, 6.45) is 8.70. The average molecular weight is 261 g/mol. The Kier molecular flexibility index (Phi) is 11.1. The molecule has 0 aromatic carbocycles. The summed E-state index contributed by atoms with van der Waals surface area (Å²) >= 11 is -0.395. The SMILES string of the molecule is C=[CH][SnH2][CH2]CCCCCCC. The van der Waals surface area contributed by atoms with Crippen LogP contribution in [0, 0.1) is 0 Å². The summed E-state index contributed by atoms with van der Waals surface area (Å²) in [6, 6.07) is 0. The third kappa shape index (κ3) is 10.5. The van der Waals surface area contributed by atoms with Crippen LogP contribution < -0.4 is 0 Å². The fourth-order valence-electron chi connectivity index (χ4n) is 1.25. The van der Waals surface area contributed by atoms with E-state index < -0.39 is 21.1 Å². The summed E-state index contributed by atoms with van der Waals surface area (Å²) in [5.41, 5.74) is 0. The summed E-state index contributed by atoms with van der Waals surface area (Å²) in [5.74, 6) is 0. The van der Waals surface area contributed by atoms with Crippen LogP contribution in [0.1, 0.15) is 45.4 Å². The zero-order valence-electron chi connectivity index (χ0n) is 7.94. The normalized spacial score (nSPS) is 11.0. The fraction of sp³-hybridized carbons (Fsp3) is 0.800. The standard InChI is InChI=1S/C8H17.C2H3.Sn.2H/c1-3-5-7-8-6-4-2;1-2;;;/h1,3-8H2,2H3;1H,2H2;;;. The molecule has 0 heterocycles. The molecule has 0 spiro atoms. The van der Waals surface area contributed by atoms with E-state index in [1.165, 1.54) is 38.5 Å². The van der Waals surface area contributed by atoms with Crippen LogP contribution in [-0.2, 0) is 0 Å². The van der Waals surface area contributed by atoms with Crippen molar-refractivity contribution in [1.82, 2.24) is 0 Å². The predicted molar refractivity (Wildman–Crippen MR) is 56.9 cm³/mol. The van der Waals surface area contributed by atoms with Crippen molar-refractivity contribution in [3.05, 3.63) is 10.7 Å². The molecule has 0 rings (SSSR count). The van der Waals surface area contributed by atoms with Crippen molar-refractivity contribution in [1.29, 1.82) is 0 Å². The molecule has 0 aromatic rings. The molecule has 0 aliphatic rings. The Morgan fingerprint density at radius 2 is 1.73 bits per heavy atom. The molecule has 0 amide bonds. The van der Waals surface area contributed by atoms with Crippen LogP contribution >= 0.6 is 0 Å². The van der Waals surface area contributed by atoms with Crippen LogP contribution in [0.2, 0.25) is 4.44 Å². The topological polar surface area (TPSA) is 0 Å². The van der Waals surface area contributed by atoms with Crippen molar-refractivity contribution in [3.63, 3.8) is 0 Å². The Labute approximate surface area is 81.7 Å². The van der Waals surface area contributed by atoms with Gasteiger partial charge in [0.05, 0.1) is 0 Å². The van der Waals surface area contributed by atoms with Gasteiger partial charge in [0, 0.05) is 0 Å². The zero-order valence-corrected chi connectivity index (χ0v) is 12.0. The first-order chi connectivity index (χ1) is 5.41. The van der Waals surface area contributed by atoms with Crippen LogP contribution in [0.3, 0.4) is 0 Å². The molecule has 0 saturated carbocycles. The predicted octanol–water partition coefficient (Wildman–Crippen LogP) is 3.08. The van der Waals surface area contributed by atoms with Gasteiger partial charge in [-0.05, 0) is 0 Å². The van der Waals surface area contributed by atoms with E-state index in [9.17, 15) is 0 Å². The van der Waals surface area contributed by atoms with Crippen LogP contribution in [-0.4, -0.2) is 21.1 Å². The van der Waals surface area contributed by atoms with Crippen molar-refractivity contribution >= 4 is 21.1 Å². The fourth-order valence-corrected chi connectivity index (χ4v) is 3.90. The van der Waals surface area contributed by atoms with Crippen LogP contribution in [0.5, 0.6) is 0 Å². The molecule has 0 saturated heterocycles. The summed E-state index contributed by atoms with van der Waals surface area (Å²) in [7, 11) is 0. The molecule has 0 nitrogen and oxygen atoms in total. The minimum absolute atomic E-state index is 0.395. The van der Waals surface area contributed by atoms with E-state index in [0.717, 1.165) is 0 Å². The van der Waals surface area contributed by atoms with Gasteiger partial charge >= 0.3 is 81.7 Å². The Morgan fingerprint density at radius 1 is 1.09 bits per heavy atom. The third-order valence-corrected chi connectivity index (χ3v) is 5.77. The van der Waals surface area contributed by atoms with Crippen molar-refractivity contribution in [3.8, 4) is 0 Å². The van der Waals surface area contributed by atoms with Crippen molar-refractivity contribution < 1.29 is 0 Å². The quantitative estimate of drug-likeness (QED) is 0.465. The Morgan fingerprint density at radius 3 is 2.36 bits per heavy atom. The van der Waals surface area contributed by atoms with Gasteiger partial charge in [-0.15, -0.1) is 0 Å². The Balaban J connectivity index is 2.74. The van der Waals surface area contributed by atoms with E-state index in [0.29, 0.717) is 0 Å². The molecule has 0 atom stereocenters. The van der Waals surface area contributed by atoms with E-state index in [1.807, 2.05) is 0 Å². The second-order valence-electron chi connectivity index (χ2n) is 3.20. The first-order valence-corrected chi connectivity index (χ1v) is 10.2. The van der Waals surface area contributed by atoms with E-state index in [1.54, 1.807) is 4.44 Å². The van der Waals surface area contributed by atoms with Gasteiger partial charge in [0.25, 0.3) is 0 Å². The van der Waals surface area contributed by atoms with Gasteiger partial charge in [0.15, 0.2) is 0 Å². The van der Waals surface area contributed by atoms with Crippen molar-refractivity contribution in [2.75, 3.05) is 0 Å². The molecule has 66 valence electrons. The molecule has 0 bridgehead atoms. The molecule has 1 heteroatoms. The molecule has 0 radical (unpaired) electrons. The molecule has 0 fully saturated rings. The maximum atomic E-state index is 3.80. The van der Waals surface area contributed by atoms with E-state index in [-0.39, 0.29) is 0 Å². The minimum atomic E-state index is -0.395. The summed E-state index contributed by atoms with van der Waals surface area (Å²) in [5, 5.41) is 0. The van der Waals surface area contributed by atoms with Crippen molar-refractivity contribution in [2.45, 2.75) is 49.9 Å².